The van der Waals surface area contributed by atoms with E-state index in [1.165, 1.54) is 11.1 Å². The summed E-state index contributed by atoms with van der Waals surface area (Å²) in [6.07, 6.45) is 5.95. The molecular formula is C20H20N2O3S. The Morgan fingerprint density at radius 3 is 3.04 bits per heavy atom. The molecule has 2 fully saturated rings. The number of likely N-dealkylation sites (N-methyl/N-ethyl adjacent to an activating group) is 1. The quantitative estimate of drug-likeness (QED) is 0.765. The van der Waals surface area contributed by atoms with E-state index in [4.69, 9.17) is 9.47 Å². The predicted molar refractivity (Wildman–Crippen MR) is 97.5 cm³/mol. The molecular weight excluding hydrogens is 348 g/mol. The van der Waals surface area contributed by atoms with Gasteiger partial charge in [-0.1, -0.05) is 12.1 Å². The third-order valence-electron chi connectivity index (χ3n) is 7.54. The molecule has 4 aliphatic heterocycles. The van der Waals surface area contributed by atoms with Crippen molar-refractivity contribution in [3.63, 3.8) is 0 Å². The van der Waals surface area contributed by atoms with Gasteiger partial charge < -0.3 is 19.5 Å². The van der Waals surface area contributed by atoms with Crippen molar-refractivity contribution in [2.24, 2.45) is 0 Å². The number of ether oxygens (including phenoxy) is 2. The third-order valence-corrected chi connectivity index (χ3v) is 9.42. The fourth-order valence-corrected chi connectivity index (χ4v) is 8.48. The summed E-state index contributed by atoms with van der Waals surface area (Å²) >= 11 is 1.75. The number of phenolic OH excluding ortho intramolecular Hbond substituents is 1. The molecule has 7 rings (SSSR count). The van der Waals surface area contributed by atoms with Crippen molar-refractivity contribution in [1.29, 1.82) is 5.26 Å². The first-order valence-electron chi connectivity index (χ1n) is 9.09. The van der Waals surface area contributed by atoms with Gasteiger partial charge in [0.05, 0.1) is 16.2 Å². The van der Waals surface area contributed by atoms with Gasteiger partial charge >= 0.3 is 0 Å². The third kappa shape index (κ3) is 1.27. The number of nitriles is 1. The maximum Gasteiger partial charge on any atom is 0.165 e. The molecule has 4 bridgehead atoms. The van der Waals surface area contributed by atoms with Gasteiger partial charge in [0.15, 0.2) is 11.5 Å². The first-order valence-corrected chi connectivity index (χ1v) is 9.97. The van der Waals surface area contributed by atoms with Crippen LogP contribution in [0.15, 0.2) is 24.3 Å². The summed E-state index contributed by atoms with van der Waals surface area (Å²) < 4.78 is 12.3. The van der Waals surface area contributed by atoms with Crippen LogP contribution < -0.4 is 4.74 Å². The minimum atomic E-state index is -0.790. The number of nitrogens with zero attached hydrogens (tertiary/aromatic N) is 2. The summed E-state index contributed by atoms with van der Waals surface area (Å²) in [5, 5.41) is 20.2. The molecule has 0 unspecified atom stereocenters. The Kier molecular flexibility index (Phi) is 2.61. The SMILES string of the molecule is CO[C@@]12C=C[C@@]3(S[C@@H]1C#N)[C@H]1Cc4ccc(O)c5c4[C@@]3(CCN1C)[C@H]2O5. The van der Waals surface area contributed by atoms with E-state index in [1.807, 2.05) is 0 Å². The van der Waals surface area contributed by atoms with Gasteiger partial charge in [-0.15, -0.1) is 11.8 Å². The zero-order chi connectivity index (χ0) is 17.9. The van der Waals surface area contributed by atoms with Gasteiger partial charge in [-0.3, -0.25) is 0 Å². The maximum absolute atomic E-state index is 10.6. The van der Waals surface area contributed by atoms with E-state index in [0.717, 1.165) is 19.4 Å². The standard InChI is InChI=1S/C20H20N2O3S/c1-22-8-7-18-15-11-3-4-12(23)16(15)25-17(18)19(24-2)5-6-20(18,13(22)9-11)26-14(19)10-21/h3-6,13-14,17,23H,7-9H2,1-2H3/t13-,14-,17-,18+,19+,20-/m1/s1. The van der Waals surface area contributed by atoms with Crippen LogP contribution in [0.3, 0.4) is 0 Å². The number of phenols is 1. The summed E-state index contributed by atoms with van der Waals surface area (Å²) in [6.45, 7) is 0.978. The van der Waals surface area contributed by atoms with Gasteiger partial charge in [0.25, 0.3) is 0 Å². The first kappa shape index (κ1) is 15.4. The van der Waals surface area contributed by atoms with E-state index < -0.39 is 5.60 Å². The van der Waals surface area contributed by atoms with Crippen molar-refractivity contribution in [2.75, 3.05) is 20.7 Å². The van der Waals surface area contributed by atoms with Gasteiger partial charge in [-0.25, -0.2) is 0 Å². The second kappa shape index (κ2) is 4.41. The van der Waals surface area contributed by atoms with Crippen molar-refractivity contribution in [1.82, 2.24) is 4.90 Å². The van der Waals surface area contributed by atoms with E-state index >= 15 is 0 Å². The molecule has 0 radical (unpaired) electrons. The van der Waals surface area contributed by atoms with Gasteiger partial charge in [-0.2, -0.15) is 5.26 Å². The average Bonchev–Trinajstić information content (AvgIpc) is 3.03. The summed E-state index contributed by atoms with van der Waals surface area (Å²) in [4.78, 5) is 2.44. The summed E-state index contributed by atoms with van der Waals surface area (Å²) in [6, 6.07) is 6.59. The molecule has 134 valence electrons. The van der Waals surface area contributed by atoms with Gasteiger partial charge in [0.1, 0.15) is 17.0 Å². The Morgan fingerprint density at radius 2 is 2.27 bits per heavy atom. The van der Waals surface area contributed by atoms with Gasteiger partial charge in [0, 0.05) is 18.7 Å². The van der Waals surface area contributed by atoms with Crippen LogP contribution in [-0.4, -0.2) is 58.5 Å². The molecule has 0 aromatic heterocycles. The number of benzene rings is 1. The highest BCUT2D eigenvalue weighted by molar-refractivity contribution is 8.02. The van der Waals surface area contributed by atoms with Crippen LogP contribution in [0.5, 0.6) is 11.5 Å². The van der Waals surface area contributed by atoms with E-state index in [1.54, 1.807) is 24.9 Å². The lowest BCUT2D eigenvalue weighted by Gasteiger charge is -2.69. The number of likely N-dealkylation sites (tertiary alicyclic amines) is 1. The molecule has 0 saturated carbocycles. The van der Waals surface area contributed by atoms with Crippen LogP contribution in [0.1, 0.15) is 17.5 Å². The molecule has 1 aromatic rings. The molecule has 5 nitrogen and oxygen atoms in total. The Labute approximate surface area is 156 Å². The molecule has 4 heterocycles. The van der Waals surface area contributed by atoms with E-state index in [9.17, 15) is 10.4 Å². The monoisotopic (exact) mass is 368 g/mol. The Hall–Kier alpha value is -1.68. The van der Waals surface area contributed by atoms with Crippen molar-refractivity contribution in [3.8, 4) is 17.6 Å². The smallest absolute Gasteiger partial charge is 0.165 e. The Balaban J connectivity index is 1.75. The summed E-state index contributed by atoms with van der Waals surface area (Å²) in [5.41, 5.74) is 1.39. The number of aromatic hydroxyl groups is 1. The lowest BCUT2D eigenvalue weighted by atomic mass is 9.50. The first-order chi connectivity index (χ1) is 12.5. The minimum Gasteiger partial charge on any atom is -0.504 e. The molecule has 6 heteroatoms. The number of hydrogen-bond donors (Lipinski definition) is 1. The topological polar surface area (TPSA) is 65.7 Å². The predicted octanol–water partition coefficient (Wildman–Crippen LogP) is 1.98. The highest BCUT2D eigenvalue weighted by Gasteiger charge is 2.80. The fraction of sp³-hybridized carbons (Fsp3) is 0.550. The number of fused-ring (bicyclic) bond motifs is 1. The van der Waals surface area contributed by atoms with Crippen LogP contribution in [0.4, 0.5) is 0 Å². The zero-order valence-electron chi connectivity index (χ0n) is 14.7. The molecule has 6 aliphatic rings. The van der Waals surface area contributed by atoms with Gasteiger partial charge in [0.2, 0.25) is 0 Å². The van der Waals surface area contributed by atoms with Crippen LogP contribution in [-0.2, 0) is 16.6 Å². The minimum absolute atomic E-state index is 0.198. The number of piperidine rings is 1. The molecule has 2 aliphatic carbocycles. The van der Waals surface area contributed by atoms with Crippen LogP contribution >= 0.6 is 11.8 Å². The molecule has 1 N–H and O–H groups in total. The molecule has 2 spiro atoms. The van der Waals surface area contributed by atoms with E-state index in [0.29, 0.717) is 11.8 Å². The average molecular weight is 368 g/mol. The van der Waals surface area contributed by atoms with Crippen molar-refractivity contribution in [2.45, 2.75) is 46.0 Å². The highest BCUT2D eigenvalue weighted by atomic mass is 32.2. The van der Waals surface area contributed by atoms with Crippen molar-refractivity contribution in [3.05, 3.63) is 35.4 Å². The van der Waals surface area contributed by atoms with E-state index in [2.05, 4.69) is 36.2 Å². The van der Waals surface area contributed by atoms with Crippen molar-refractivity contribution < 1.29 is 14.6 Å². The molecule has 6 atom stereocenters. The molecule has 1 aromatic carbocycles. The Bertz CT molecular complexity index is 926. The van der Waals surface area contributed by atoms with Crippen LogP contribution in [0, 0.1) is 11.3 Å². The zero-order valence-corrected chi connectivity index (χ0v) is 15.5. The number of thioether (sulfide) groups is 1. The molecule has 26 heavy (non-hydrogen) atoms. The van der Waals surface area contributed by atoms with E-state index in [-0.39, 0.29) is 27.3 Å². The Morgan fingerprint density at radius 1 is 1.42 bits per heavy atom. The second-order valence-corrected chi connectivity index (χ2v) is 9.56. The normalized spacial score (nSPS) is 46.6. The highest BCUT2D eigenvalue weighted by Crippen LogP contribution is 2.73. The number of hydrogen-bond acceptors (Lipinski definition) is 6. The fourth-order valence-electron chi connectivity index (χ4n) is 6.46. The van der Waals surface area contributed by atoms with Crippen LogP contribution in [0.25, 0.3) is 0 Å². The lowest BCUT2D eigenvalue weighted by molar-refractivity contribution is -0.112. The van der Waals surface area contributed by atoms with Gasteiger partial charge in [-0.05, 0) is 44.1 Å². The molecule has 2 saturated heterocycles. The number of rotatable bonds is 1. The number of methoxy groups -OCH3 is 1. The summed E-state index contributed by atoms with van der Waals surface area (Å²) in [7, 11) is 3.86. The van der Waals surface area contributed by atoms with Crippen LogP contribution in [0.2, 0.25) is 0 Å². The summed E-state index contributed by atoms with van der Waals surface area (Å²) in [5.74, 6) is 0.813. The lowest BCUT2D eigenvalue weighted by Crippen LogP contribution is -2.81. The maximum atomic E-state index is 10.6. The van der Waals surface area contributed by atoms with Crippen molar-refractivity contribution >= 4 is 11.8 Å². The molecule has 0 amide bonds. The largest absolute Gasteiger partial charge is 0.504 e. The second-order valence-electron chi connectivity index (χ2n) is 8.18.